The fourth-order valence-electron chi connectivity index (χ4n) is 1.98. The van der Waals surface area contributed by atoms with Gasteiger partial charge in [0.25, 0.3) is 0 Å². The van der Waals surface area contributed by atoms with Crippen molar-refractivity contribution in [2.45, 2.75) is 0 Å². The van der Waals surface area contributed by atoms with E-state index in [4.69, 9.17) is 0 Å². The molecule has 3 rings (SSSR count). The summed E-state index contributed by atoms with van der Waals surface area (Å²) >= 11 is 5.39. The lowest BCUT2D eigenvalue weighted by molar-refractivity contribution is 1.98. The normalized spacial score (nSPS) is 11.8. The minimum absolute atomic E-state index is 1.35. The van der Waals surface area contributed by atoms with E-state index in [1.165, 1.54) is 15.9 Å². The summed E-state index contributed by atoms with van der Waals surface area (Å²) in [5.74, 6) is 0. The third kappa shape index (κ3) is 1.92. The third-order valence-electron chi connectivity index (χ3n) is 3.07. The van der Waals surface area contributed by atoms with Gasteiger partial charge in [-0.3, -0.25) is 0 Å². The molecule has 86 valence electrons. The summed E-state index contributed by atoms with van der Waals surface area (Å²) in [6.45, 7) is 2.43. The lowest BCUT2D eigenvalue weighted by Gasteiger charge is -2.18. The zero-order valence-electron chi connectivity index (χ0n) is 9.37. The number of rotatable bonds is 3. The summed E-state index contributed by atoms with van der Waals surface area (Å²) in [6, 6.07) is 6.86. The minimum Gasteiger partial charge on any atom is -0.148 e. The zero-order valence-corrected chi connectivity index (χ0v) is 12.7. The van der Waals surface area contributed by atoms with E-state index in [-0.39, 0.29) is 0 Å². The Morgan fingerprint density at radius 2 is 1.06 bits per heavy atom. The molecule has 0 N–H and O–H groups in total. The molecule has 0 saturated carbocycles. The van der Waals surface area contributed by atoms with Gasteiger partial charge < -0.3 is 0 Å². The summed E-state index contributed by atoms with van der Waals surface area (Å²) < 4.78 is 0. The Morgan fingerprint density at radius 3 is 1.29 bits per heavy atom. The van der Waals surface area contributed by atoms with Crippen molar-refractivity contribution in [2.75, 3.05) is 6.66 Å². The van der Waals surface area contributed by atoms with Crippen molar-refractivity contribution >= 4 is 57.2 Å². The van der Waals surface area contributed by atoms with Crippen LogP contribution < -0.4 is 15.9 Å². The van der Waals surface area contributed by atoms with E-state index in [0.29, 0.717) is 0 Å². The van der Waals surface area contributed by atoms with Crippen LogP contribution in [0.5, 0.6) is 0 Å². The highest BCUT2D eigenvalue weighted by molar-refractivity contribution is 7.95. The Labute approximate surface area is 114 Å². The van der Waals surface area contributed by atoms with Gasteiger partial charge in [-0.1, -0.05) is 0 Å². The highest BCUT2D eigenvalue weighted by atomic mass is 32.1. The number of hydrogen-bond donors (Lipinski definition) is 0. The Bertz CT molecular complexity index is 480. The molecule has 0 bridgehead atoms. The maximum Gasteiger partial charge on any atom is 0.115 e. The Kier molecular flexibility index (Phi) is 3.18. The lowest BCUT2D eigenvalue weighted by atomic mass is 10.6. The van der Waals surface area contributed by atoms with E-state index in [0.717, 1.165) is 0 Å². The van der Waals surface area contributed by atoms with E-state index in [1.807, 2.05) is 0 Å². The fraction of sp³-hybridized carbons (Fsp3) is 0.0769. The fourth-order valence-corrected chi connectivity index (χ4v) is 8.94. The molecule has 0 aliphatic heterocycles. The quantitative estimate of drug-likeness (QED) is 0.645. The molecule has 0 radical (unpaired) electrons. The number of hydrogen-bond acceptors (Lipinski definition) is 3. The molecular formula is C13H12PS3+. The first-order chi connectivity index (χ1) is 8.32. The van der Waals surface area contributed by atoms with Crippen LogP contribution in [0, 0.1) is 0 Å². The van der Waals surface area contributed by atoms with Crippen LogP contribution in [0.15, 0.2) is 50.5 Å². The maximum atomic E-state index is 2.43. The van der Waals surface area contributed by atoms with Crippen molar-refractivity contribution in [3.05, 3.63) is 50.5 Å². The molecule has 17 heavy (non-hydrogen) atoms. The molecule has 0 unspecified atom stereocenters. The van der Waals surface area contributed by atoms with Gasteiger partial charge in [0, 0.05) is 16.1 Å². The van der Waals surface area contributed by atoms with E-state index in [2.05, 4.69) is 57.1 Å². The van der Waals surface area contributed by atoms with E-state index < -0.39 is 7.26 Å². The first-order valence-electron chi connectivity index (χ1n) is 5.26. The van der Waals surface area contributed by atoms with Crippen LogP contribution in [0.4, 0.5) is 0 Å². The van der Waals surface area contributed by atoms with Gasteiger partial charge >= 0.3 is 0 Å². The molecule has 0 amide bonds. The van der Waals surface area contributed by atoms with Crippen molar-refractivity contribution in [1.29, 1.82) is 0 Å². The van der Waals surface area contributed by atoms with Gasteiger partial charge in [0.15, 0.2) is 0 Å². The van der Waals surface area contributed by atoms with Crippen molar-refractivity contribution in [3.63, 3.8) is 0 Å². The predicted molar refractivity (Wildman–Crippen MR) is 84.7 cm³/mol. The summed E-state index contributed by atoms with van der Waals surface area (Å²) in [4.78, 5) is 0. The summed E-state index contributed by atoms with van der Waals surface area (Å²) in [7, 11) is -1.35. The van der Waals surface area contributed by atoms with Gasteiger partial charge in [0.05, 0.1) is 6.66 Å². The topological polar surface area (TPSA) is 0 Å². The van der Waals surface area contributed by atoms with Crippen molar-refractivity contribution < 1.29 is 0 Å². The van der Waals surface area contributed by atoms with Crippen LogP contribution in [-0.2, 0) is 0 Å². The van der Waals surface area contributed by atoms with E-state index in [1.54, 1.807) is 34.0 Å². The van der Waals surface area contributed by atoms with Gasteiger partial charge in [0.2, 0.25) is 0 Å². The van der Waals surface area contributed by atoms with Gasteiger partial charge in [-0.25, -0.2) is 0 Å². The van der Waals surface area contributed by atoms with Gasteiger partial charge in [-0.05, 0) is 34.3 Å². The van der Waals surface area contributed by atoms with Crippen LogP contribution in [0.3, 0.4) is 0 Å². The Hall–Kier alpha value is -0.470. The first-order valence-corrected chi connectivity index (χ1v) is 10.3. The largest absolute Gasteiger partial charge is 0.148 e. The Balaban J connectivity index is 2.21. The third-order valence-corrected chi connectivity index (χ3v) is 9.57. The van der Waals surface area contributed by atoms with Crippen LogP contribution in [0.2, 0.25) is 0 Å². The highest BCUT2D eigenvalue weighted by Gasteiger charge is 2.41. The average Bonchev–Trinajstić information content (AvgIpc) is 3.10. The SMILES string of the molecule is C[P+](c1ccsc1)(c1ccsc1)c1ccsc1. The van der Waals surface area contributed by atoms with Crippen molar-refractivity contribution in [2.24, 2.45) is 0 Å². The van der Waals surface area contributed by atoms with Crippen molar-refractivity contribution in [1.82, 2.24) is 0 Å². The van der Waals surface area contributed by atoms with Crippen LogP contribution in [0.1, 0.15) is 0 Å². The van der Waals surface area contributed by atoms with Crippen LogP contribution >= 0.6 is 41.3 Å². The van der Waals surface area contributed by atoms with E-state index in [9.17, 15) is 0 Å². The van der Waals surface area contributed by atoms with Crippen molar-refractivity contribution in [3.8, 4) is 0 Å². The van der Waals surface area contributed by atoms with Gasteiger partial charge in [-0.15, -0.1) is 34.0 Å². The van der Waals surface area contributed by atoms with E-state index >= 15 is 0 Å². The monoisotopic (exact) mass is 295 g/mol. The average molecular weight is 295 g/mol. The van der Waals surface area contributed by atoms with Gasteiger partial charge in [-0.2, -0.15) is 0 Å². The molecule has 0 spiro atoms. The highest BCUT2D eigenvalue weighted by Crippen LogP contribution is 2.52. The second-order valence-corrected chi connectivity index (χ2v) is 9.85. The first kappa shape index (κ1) is 11.6. The lowest BCUT2D eigenvalue weighted by Crippen LogP contribution is -2.27. The number of thiophene rings is 3. The smallest absolute Gasteiger partial charge is 0.115 e. The van der Waals surface area contributed by atoms with Crippen LogP contribution in [0.25, 0.3) is 0 Å². The summed E-state index contributed by atoms with van der Waals surface area (Å²) in [5, 5.41) is 18.0. The molecule has 0 nitrogen and oxygen atoms in total. The molecule has 0 aliphatic carbocycles. The second-order valence-electron chi connectivity index (χ2n) is 3.95. The molecule has 0 aromatic carbocycles. The summed E-state index contributed by atoms with van der Waals surface area (Å²) in [5.41, 5.74) is 0. The molecule has 3 heterocycles. The molecule has 0 atom stereocenters. The molecule has 3 aromatic heterocycles. The zero-order chi connectivity index (χ0) is 11.7. The summed E-state index contributed by atoms with van der Waals surface area (Å²) in [6.07, 6.45) is 0. The molecule has 3 aromatic rings. The molecule has 4 heteroatoms. The second kappa shape index (κ2) is 4.66. The Morgan fingerprint density at radius 1 is 0.706 bits per heavy atom. The van der Waals surface area contributed by atoms with Crippen LogP contribution in [-0.4, -0.2) is 6.66 Å². The maximum absolute atomic E-state index is 2.43. The molecule has 0 fully saturated rings. The predicted octanol–water partition coefficient (Wildman–Crippen LogP) is 3.79. The molecule has 0 saturated heterocycles. The standard InChI is InChI=1S/C13H12PS3/c1-14(11-2-5-15-8-11,12-3-6-16-9-12)13-4-7-17-10-13/h2-10H,1H3/q+1. The molecule has 0 aliphatic rings. The minimum atomic E-state index is -1.35. The molecular weight excluding hydrogens is 283 g/mol. The van der Waals surface area contributed by atoms with Gasteiger partial charge in [0.1, 0.15) is 23.2 Å².